The van der Waals surface area contributed by atoms with Gasteiger partial charge in [0.25, 0.3) is 8.32 Å². The maximum atomic E-state index is 12.4. The number of aromatic nitrogens is 5. The SMILES string of the molecule is CCC[C@@H](CCO[Si](c1ccccc1)(c1ccccc1)C(C)(C)C)Nc1nc(NC(=O)OC)nc2cnn(Cc3ncc(C(=O)OCC)cc3OC)c12. The molecule has 5 aromatic rings. The summed E-state index contributed by atoms with van der Waals surface area (Å²) in [6.45, 7) is 11.6. The molecule has 5 rings (SSSR count). The number of carbonyl (C=O) groups excluding carboxylic acids is 2. The van der Waals surface area contributed by atoms with Crippen LogP contribution in [0.1, 0.15) is 69.9 Å². The van der Waals surface area contributed by atoms with Crippen LogP contribution in [0.4, 0.5) is 16.6 Å². The number of esters is 1. The Morgan fingerprint density at radius 3 is 2.19 bits per heavy atom. The van der Waals surface area contributed by atoms with Crippen molar-refractivity contribution in [3.63, 3.8) is 0 Å². The minimum atomic E-state index is -2.75. The van der Waals surface area contributed by atoms with E-state index in [-0.39, 0.29) is 35.7 Å². The molecule has 3 heterocycles. The Hall–Kier alpha value is -5.34. The van der Waals surface area contributed by atoms with E-state index in [4.69, 9.17) is 23.6 Å². The highest BCUT2D eigenvalue weighted by atomic mass is 28.4. The predicted octanol–water partition coefficient (Wildman–Crippen LogP) is 6.18. The molecule has 1 atom stereocenters. The number of hydrogen-bond acceptors (Lipinski definition) is 11. The normalized spacial score (nSPS) is 12.3. The summed E-state index contributed by atoms with van der Waals surface area (Å²) in [5.74, 6) is 0.466. The van der Waals surface area contributed by atoms with Crippen LogP contribution in [-0.2, 0) is 20.4 Å². The van der Waals surface area contributed by atoms with Gasteiger partial charge in [-0.25, -0.2) is 14.6 Å². The highest BCUT2D eigenvalue weighted by molar-refractivity contribution is 6.99. The molecule has 0 aliphatic heterocycles. The van der Waals surface area contributed by atoms with Crippen molar-refractivity contribution >= 4 is 53.6 Å². The third-order valence-electron chi connectivity index (χ3n) is 9.03. The van der Waals surface area contributed by atoms with Crippen LogP contribution >= 0.6 is 0 Å². The molecule has 53 heavy (non-hydrogen) atoms. The Kier molecular flexibility index (Phi) is 12.8. The van der Waals surface area contributed by atoms with E-state index in [9.17, 15) is 9.59 Å². The minimum Gasteiger partial charge on any atom is -0.495 e. The number of benzene rings is 2. The molecule has 13 nitrogen and oxygen atoms in total. The standard InChI is InChI=1S/C39H49N7O6Si/c1-8-16-28(21-22-52-53(39(3,4)5,29-17-12-10-13-18-29)30-19-14-11-15-20-30)42-35-34-31(43-37(44-35)45-38(48)50-7)25-41-46(34)26-32-33(49-6)23-27(24-40-32)36(47)51-9-2/h10-15,17-20,23-25,28H,8-9,16,21-22,26H2,1-7H3,(H2,42,43,44,45,48)/t28-/m0/s1. The maximum Gasteiger partial charge on any atom is 0.413 e. The van der Waals surface area contributed by atoms with Crippen molar-refractivity contribution < 1.29 is 28.2 Å². The fraction of sp³-hybridized carbons (Fsp3) is 0.385. The molecular weight excluding hydrogens is 691 g/mol. The van der Waals surface area contributed by atoms with E-state index in [2.05, 4.69) is 102 Å². The molecule has 280 valence electrons. The van der Waals surface area contributed by atoms with Crippen molar-refractivity contribution in [2.24, 2.45) is 0 Å². The molecule has 0 unspecified atom stereocenters. The zero-order chi connectivity index (χ0) is 38.0. The van der Waals surface area contributed by atoms with Crippen LogP contribution in [0.5, 0.6) is 5.75 Å². The molecule has 0 aliphatic rings. The lowest BCUT2D eigenvalue weighted by Gasteiger charge is -2.43. The van der Waals surface area contributed by atoms with E-state index in [1.54, 1.807) is 23.9 Å². The lowest BCUT2D eigenvalue weighted by Crippen LogP contribution is -2.66. The van der Waals surface area contributed by atoms with Crippen LogP contribution in [0.3, 0.4) is 0 Å². The van der Waals surface area contributed by atoms with Gasteiger partial charge in [-0.05, 0) is 41.2 Å². The lowest BCUT2D eigenvalue weighted by atomic mass is 10.1. The van der Waals surface area contributed by atoms with Crippen molar-refractivity contribution in [1.29, 1.82) is 0 Å². The van der Waals surface area contributed by atoms with Gasteiger partial charge < -0.3 is 24.0 Å². The first-order valence-corrected chi connectivity index (χ1v) is 19.8. The zero-order valence-electron chi connectivity index (χ0n) is 31.5. The second-order valence-electron chi connectivity index (χ2n) is 13.6. The van der Waals surface area contributed by atoms with Gasteiger partial charge >= 0.3 is 12.1 Å². The quantitative estimate of drug-likeness (QED) is 0.0882. The number of amides is 1. The van der Waals surface area contributed by atoms with Crippen molar-refractivity contribution in [3.05, 3.63) is 90.4 Å². The van der Waals surface area contributed by atoms with E-state index >= 15 is 0 Å². The number of fused-ring (bicyclic) bond motifs is 1. The van der Waals surface area contributed by atoms with Gasteiger partial charge in [-0.1, -0.05) is 94.8 Å². The molecule has 2 N–H and O–H groups in total. The zero-order valence-corrected chi connectivity index (χ0v) is 32.5. The Morgan fingerprint density at radius 2 is 1.60 bits per heavy atom. The highest BCUT2D eigenvalue weighted by Gasteiger charge is 2.50. The Balaban J connectivity index is 1.49. The summed E-state index contributed by atoms with van der Waals surface area (Å²) in [6.07, 6.45) is 4.79. The Morgan fingerprint density at radius 1 is 0.925 bits per heavy atom. The maximum absolute atomic E-state index is 12.4. The van der Waals surface area contributed by atoms with Crippen LogP contribution in [0.2, 0.25) is 5.04 Å². The number of ether oxygens (including phenoxy) is 3. The van der Waals surface area contributed by atoms with Crippen LogP contribution in [0.15, 0.2) is 79.1 Å². The van der Waals surface area contributed by atoms with Gasteiger partial charge in [-0.3, -0.25) is 15.0 Å². The van der Waals surface area contributed by atoms with Crippen LogP contribution in [-0.4, -0.2) is 78.6 Å². The molecule has 0 saturated carbocycles. The fourth-order valence-electron chi connectivity index (χ4n) is 6.60. The van der Waals surface area contributed by atoms with Crippen molar-refractivity contribution in [3.8, 4) is 5.75 Å². The second-order valence-corrected chi connectivity index (χ2v) is 17.9. The van der Waals surface area contributed by atoms with Crippen molar-refractivity contribution in [2.45, 2.75) is 71.5 Å². The molecule has 0 saturated heterocycles. The van der Waals surface area contributed by atoms with Crippen molar-refractivity contribution in [1.82, 2.24) is 24.7 Å². The molecule has 0 fully saturated rings. The number of anilines is 2. The smallest absolute Gasteiger partial charge is 0.413 e. The van der Waals surface area contributed by atoms with Crippen LogP contribution in [0.25, 0.3) is 11.0 Å². The number of nitrogens with zero attached hydrogens (tertiary/aromatic N) is 5. The van der Waals surface area contributed by atoms with E-state index in [1.807, 2.05) is 12.1 Å². The van der Waals surface area contributed by atoms with E-state index in [1.165, 1.54) is 30.8 Å². The molecule has 2 aromatic carbocycles. The summed E-state index contributed by atoms with van der Waals surface area (Å²) < 4.78 is 24.5. The van der Waals surface area contributed by atoms with Gasteiger partial charge in [-0.2, -0.15) is 10.1 Å². The third kappa shape index (κ3) is 8.83. The Labute approximate surface area is 311 Å². The topological polar surface area (TPSA) is 152 Å². The number of rotatable bonds is 16. The summed E-state index contributed by atoms with van der Waals surface area (Å²) in [6, 6.07) is 22.7. The third-order valence-corrected chi connectivity index (χ3v) is 14.1. The van der Waals surface area contributed by atoms with E-state index < -0.39 is 20.4 Å². The molecule has 0 spiro atoms. The summed E-state index contributed by atoms with van der Waals surface area (Å²) in [5.41, 5.74) is 1.92. The van der Waals surface area contributed by atoms with Gasteiger partial charge in [0, 0.05) is 18.8 Å². The molecule has 14 heteroatoms. The minimum absolute atomic E-state index is 0.0536. The molecule has 1 amide bonds. The first-order chi connectivity index (χ1) is 25.5. The molecule has 0 bridgehead atoms. The van der Waals surface area contributed by atoms with E-state index in [0.29, 0.717) is 41.3 Å². The first kappa shape index (κ1) is 38.9. The number of pyridine rings is 1. The summed E-state index contributed by atoms with van der Waals surface area (Å²) in [4.78, 5) is 38.4. The van der Waals surface area contributed by atoms with Crippen LogP contribution in [0, 0.1) is 0 Å². The number of methoxy groups -OCH3 is 2. The van der Waals surface area contributed by atoms with Gasteiger partial charge in [0.1, 0.15) is 22.5 Å². The van der Waals surface area contributed by atoms with E-state index in [0.717, 1.165) is 12.8 Å². The molecular formula is C39H49N7O6Si. The summed E-state index contributed by atoms with van der Waals surface area (Å²) in [5, 5.41) is 13.2. The fourth-order valence-corrected chi connectivity index (χ4v) is 11.2. The number of nitrogens with one attached hydrogen (secondary N) is 2. The average molecular weight is 740 g/mol. The molecule has 0 aliphatic carbocycles. The highest BCUT2D eigenvalue weighted by Crippen LogP contribution is 2.37. The van der Waals surface area contributed by atoms with Gasteiger partial charge in [0.05, 0.1) is 39.1 Å². The van der Waals surface area contributed by atoms with Gasteiger partial charge in [-0.15, -0.1) is 0 Å². The van der Waals surface area contributed by atoms with Gasteiger partial charge in [0.2, 0.25) is 5.95 Å². The largest absolute Gasteiger partial charge is 0.495 e. The van der Waals surface area contributed by atoms with Crippen molar-refractivity contribution in [2.75, 3.05) is 38.1 Å². The lowest BCUT2D eigenvalue weighted by molar-refractivity contribution is 0.0525. The summed E-state index contributed by atoms with van der Waals surface area (Å²) in [7, 11) is 0.0454. The average Bonchev–Trinajstić information content (AvgIpc) is 3.56. The second kappa shape index (κ2) is 17.4. The first-order valence-electron chi connectivity index (χ1n) is 17.8. The predicted molar refractivity (Wildman–Crippen MR) is 208 cm³/mol. The molecule has 3 aromatic heterocycles. The number of hydrogen-bond donors (Lipinski definition) is 2. The monoisotopic (exact) mass is 739 g/mol. The van der Waals surface area contributed by atoms with Crippen LogP contribution < -0.4 is 25.7 Å². The Bertz CT molecular complexity index is 1950. The summed E-state index contributed by atoms with van der Waals surface area (Å²) >= 11 is 0. The number of carbonyl (C=O) groups is 2. The molecule has 0 radical (unpaired) electrons. The van der Waals surface area contributed by atoms with Gasteiger partial charge in [0.15, 0.2) is 5.82 Å².